The normalized spacial score (nSPS) is 17.7. The standard InChI is InChI=1S/C13H15FN2O/c14-11-7-10(8-15)3-4-12(11)16-9-13(17)5-1-2-6-13/h3-4,7,16-17H,1-2,5-6,9H2. The van der Waals surface area contributed by atoms with Crippen LogP contribution in [-0.2, 0) is 0 Å². The van der Waals surface area contributed by atoms with Gasteiger partial charge >= 0.3 is 0 Å². The van der Waals surface area contributed by atoms with Gasteiger partial charge in [0.2, 0.25) is 0 Å². The number of rotatable bonds is 3. The molecule has 0 atom stereocenters. The number of halogens is 1. The van der Waals surface area contributed by atoms with Gasteiger partial charge in [-0.2, -0.15) is 5.26 Å². The van der Waals surface area contributed by atoms with Crippen LogP contribution in [0.3, 0.4) is 0 Å². The first-order valence-electron chi connectivity index (χ1n) is 5.79. The summed E-state index contributed by atoms with van der Waals surface area (Å²) in [6.07, 6.45) is 3.57. The van der Waals surface area contributed by atoms with Crippen LogP contribution in [0.15, 0.2) is 18.2 Å². The molecule has 3 nitrogen and oxygen atoms in total. The van der Waals surface area contributed by atoms with Crippen molar-refractivity contribution in [1.29, 1.82) is 5.26 Å². The van der Waals surface area contributed by atoms with Gasteiger partial charge in [-0.3, -0.25) is 0 Å². The second kappa shape index (κ2) is 4.72. The lowest BCUT2D eigenvalue weighted by atomic mass is 10.0. The molecular weight excluding hydrogens is 219 g/mol. The lowest BCUT2D eigenvalue weighted by Crippen LogP contribution is -2.33. The summed E-state index contributed by atoms with van der Waals surface area (Å²) < 4.78 is 13.5. The average molecular weight is 234 g/mol. The first-order chi connectivity index (χ1) is 8.13. The molecular formula is C13H15FN2O. The number of benzene rings is 1. The van der Waals surface area contributed by atoms with Crippen LogP contribution in [0.4, 0.5) is 10.1 Å². The molecule has 0 heterocycles. The van der Waals surface area contributed by atoms with Gasteiger partial charge in [-0.05, 0) is 31.0 Å². The van der Waals surface area contributed by atoms with Crippen LogP contribution in [0.25, 0.3) is 0 Å². The molecule has 0 saturated heterocycles. The summed E-state index contributed by atoms with van der Waals surface area (Å²) in [6, 6.07) is 6.17. The number of hydrogen-bond donors (Lipinski definition) is 2. The van der Waals surface area contributed by atoms with E-state index in [4.69, 9.17) is 5.26 Å². The molecule has 2 rings (SSSR count). The topological polar surface area (TPSA) is 56.0 Å². The van der Waals surface area contributed by atoms with Crippen LogP contribution in [0.2, 0.25) is 0 Å². The van der Waals surface area contributed by atoms with E-state index in [1.165, 1.54) is 12.1 Å². The van der Waals surface area contributed by atoms with E-state index in [1.54, 1.807) is 6.07 Å². The molecule has 4 heteroatoms. The molecule has 1 aliphatic rings. The highest BCUT2D eigenvalue weighted by Crippen LogP contribution is 2.29. The molecule has 0 aliphatic heterocycles. The molecule has 0 spiro atoms. The zero-order valence-corrected chi connectivity index (χ0v) is 9.54. The van der Waals surface area contributed by atoms with Crippen LogP contribution in [-0.4, -0.2) is 17.3 Å². The summed E-state index contributed by atoms with van der Waals surface area (Å²) in [6.45, 7) is 0.357. The number of hydrogen-bond acceptors (Lipinski definition) is 3. The molecule has 1 aromatic rings. The maximum absolute atomic E-state index is 13.5. The number of anilines is 1. The summed E-state index contributed by atoms with van der Waals surface area (Å²) >= 11 is 0. The van der Waals surface area contributed by atoms with Crippen molar-refractivity contribution in [2.24, 2.45) is 0 Å². The molecule has 0 bridgehead atoms. The summed E-state index contributed by atoms with van der Waals surface area (Å²) in [4.78, 5) is 0. The monoisotopic (exact) mass is 234 g/mol. The Bertz CT molecular complexity index is 447. The minimum absolute atomic E-state index is 0.299. The highest BCUT2D eigenvalue weighted by Gasteiger charge is 2.30. The molecule has 0 unspecified atom stereocenters. The van der Waals surface area contributed by atoms with Gasteiger partial charge in [0.05, 0.1) is 22.9 Å². The van der Waals surface area contributed by atoms with Gasteiger partial charge in [-0.25, -0.2) is 4.39 Å². The molecule has 0 amide bonds. The number of nitrogens with zero attached hydrogens (tertiary/aromatic N) is 1. The molecule has 90 valence electrons. The van der Waals surface area contributed by atoms with Gasteiger partial charge in [-0.15, -0.1) is 0 Å². The largest absolute Gasteiger partial charge is 0.388 e. The van der Waals surface area contributed by atoms with Crippen LogP contribution >= 0.6 is 0 Å². The fraction of sp³-hybridized carbons (Fsp3) is 0.462. The van der Waals surface area contributed by atoms with Gasteiger partial charge in [0.1, 0.15) is 5.82 Å². The predicted octanol–water partition coefficient (Wildman–Crippen LogP) is 2.41. The van der Waals surface area contributed by atoms with Crippen molar-refractivity contribution in [2.45, 2.75) is 31.3 Å². The Morgan fingerprint density at radius 3 is 2.71 bits per heavy atom. The highest BCUT2D eigenvalue weighted by molar-refractivity contribution is 5.49. The summed E-state index contributed by atoms with van der Waals surface area (Å²) in [5.41, 5.74) is -0.0719. The van der Waals surface area contributed by atoms with Crippen LogP contribution in [0.1, 0.15) is 31.2 Å². The van der Waals surface area contributed by atoms with Gasteiger partial charge in [-0.1, -0.05) is 12.8 Å². The van der Waals surface area contributed by atoms with Gasteiger partial charge < -0.3 is 10.4 Å². The quantitative estimate of drug-likeness (QED) is 0.844. The molecule has 2 N–H and O–H groups in total. The third-order valence-corrected chi connectivity index (χ3v) is 3.24. The van der Waals surface area contributed by atoms with E-state index in [0.29, 0.717) is 17.8 Å². The van der Waals surface area contributed by atoms with Crippen molar-refractivity contribution >= 4 is 5.69 Å². The van der Waals surface area contributed by atoms with Gasteiger partial charge in [0, 0.05) is 6.54 Å². The number of nitrogens with one attached hydrogen (secondary N) is 1. The second-order valence-electron chi connectivity index (χ2n) is 4.59. The van der Waals surface area contributed by atoms with E-state index in [2.05, 4.69) is 5.32 Å². The molecule has 1 fully saturated rings. The third kappa shape index (κ3) is 2.75. The first kappa shape index (κ1) is 11.9. The zero-order chi connectivity index (χ0) is 12.3. The van der Waals surface area contributed by atoms with E-state index >= 15 is 0 Å². The van der Waals surface area contributed by atoms with E-state index in [-0.39, 0.29) is 0 Å². The molecule has 0 radical (unpaired) electrons. The summed E-state index contributed by atoms with van der Waals surface area (Å²) in [5.74, 6) is -0.453. The van der Waals surface area contributed by atoms with Crippen molar-refractivity contribution in [3.05, 3.63) is 29.6 Å². The predicted molar refractivity (Wildman–Crippen MR) is 63.0 cm³/mol. The van der Waals surface area contributed by atoms with E-state index in [1.807, 2.05) is 6.07 Å². The Kier molecular flexibility index (Phi) is 3.30. The Hall–Kier alpha value is -1.60. The Labute approximate surface area is 99.9 Å². The molecule has 1 aliphatic carbocycles. The van der Waals surface area contributed by atoms with Crippen molar-refractivity contribution in [1.82, 2.24) is 0 Å². The first-order valence-corrected chi connectivity index (χ1v) is 5.79. The smallest absolute Gasteiger partial charge is 0.147 e. The SMILES string of the molecule is N#Cc1ccc(NCC2(O)CCCC2)c(F)c1. The fourth-order valence-corrected chi connectivity index (χ4v) is 2.20. The van der Waals surface area contributed by atoms with Crippen molar-refractivity contribution in [2.75, 3.05) is 11.9 Å². The van der Waals surface area contributed by atoms with E-state index in [9.17, 15) is 9.50 Å². The van der Waals surface area contributed by atoms with E-state index in [0.717, 1.165) is 25.7 Å². The Morgan fingerprint density at radius 1 is 1.41 bits per heavy atom. The Balaban J connectivity index is 2.02. The van der Waals surface area contributed by atoms with Crippen molar-refractivity contribution < 1.29 is 9.50 Å². The van der Waals surface area contributed by atoms with Crippen molar-refractivity contribution in [3.63, 3.8) is 0 Å². The fourth-order valence-electron chi connectivity index (χ4n) is 2.20. The third-order valence-electron chi connectivity index (χ3n) is 3.24. The molecule has 17 heavy (non-hydrogen) atoms. The maximum atomic E-state index is 13.5. The van der Waals surface area contributed by atoms with Gasteiger partial charge in [0.15, 0.2) is 0 Å². The summed E-state index contributed by atoms with van der Waals surface area (Å²) in [7, 11) is 0. The van der Waals surface area contributed by atoms with E-state index < -0.39 is 11.4 Å². The maximum Gasteiger partial charge on any atom is 0.147 e. The highest BCUT2D eigenvalue weighted by atomic mass is 19.1. The molecule has 1 saturated carbocycles. The Morgan fingerprint density at radius 2 is 2.12 bits per heavy atom. The molecule has 0 aromatic heterocycles. The second-order valence-corrected chi connectivity index (χ2v) is 4.59. The van der Waals surface area contributed by atoms with Crippen LogP contribution in [0, 0.1) is 17.1 Å². The van der Waals surface area contributed by atoms with Crippen LogP contribution < -0.4 is 5.32 Å². The minimum atomic E-state index is -0.708. The molecule has 1 aromatic carbocycles. The number of nitriles is 1. The minimum Gasteiger partial charge on any atom is -0.388 e. The lowest BCUT2D eigenvalue weighted by molar-refractivity contribution is 0.0614. The van der Waals surface area contributed by atoms with Crippen LogP contribution in [0.5, 0.6) is 0 Å². The lowest BCUT2D eigenvalue weighted by Gasteiger charge is -2.23. The zero-order valence-electron chi connectivity index (χ0n) is 9.54. The van der Waals surface area contributed by atoms with Crippen molar-refractivity contribution in [3.8, 4) is 6.07 Å². The average Bonchev–Trinajstić information content (AvgIpc) is 2.75. The summed E-state index contributed by atoms with van der Waals surface area (Å²) in [5, 5.41) is 21.6. The number of aliphatic hydroxyl groups is 1. The van der Waals surface area contributed by atoms with Gasteiger partial charge in [0.25, 0.3) is 0 Å².